The first-order chi connectivity index (χ1) is 8.35. The molecule has 1 aromatic carbocycles. The van der Waals surface area contributed by atoms with Gasteiger partial charge in [0.1, 0.15) is 0 Å². The second-order valence-corrected chi connectivity index (χ2v) is 5.84. The van der Waals surface area contributed by atoms with E-state index in [0.29, 0.717) is 18.5 Å². The molecule has 1 aliphatic rings. The van der Waals surface area contributed by atoms with E-state index in [4.69, 9.17) is 0 Å². The van der Waals surface area contributed by atoms with Gasteiger partial charge in [-0.05, 0) is 23.1 Å². The van der Waals surface area contributed by atoms with E-state index in [1.165, 1.54) is 0 Å². The fourth-order valence-corrected chi connectivity index (χ4v) is 1.80. The number of hydrogen-bond acceptors (Lipinski definition) is 2. The number of hydrogen-bond donors (Lipinski definition) is 2. The Morgan fingerprint density at radius 3 is 2.78 bits per heavy atom. The number of fused-ring (bicyclic) bond motifs is 1. The van der Waals surface area contributed by atoms with Crippen molar-refractivity contribution in [1.29, 1.82) is 0 Å². The van der Waals surface area contributed by atoms with Crippen molar-refractivity contribution in [2.45, 2.75) is 27.2 Å². The van der Waals surface area contributed by atoms with Crippen molar-refractivity contribution >= 4 is 17.5 Å². The molecule has 18 heavy (non-hydrogen) atoms. The maximum atomic E-state index is 11.9. The zero-order chi connectivity index (χ0) is 13.3. The van der Waals surface area contributed by atoms with Crippen LogP contribution in [0.4, 0.5) is 5.69 Å². The minimum absolute atomic E-state index is 0.0164. The number of benzene rings is 1. The molecular formula is C14H18N2O2. The van der Waals surface area contributed by atoms with Crippen molar-refractivity contribution in [3.8, 4) is 0 Å². The predicted octanol–water partition coefficient (Wildman–Crippen LogP) is 1.96. The molecule has 1 aliphatic heterocycles. The van der Waals surface area contributed by atoms with Crippen molar-refractivity contribution in [2.24, 2.45) is 5.41 Å². The highest BCUT2D eigenvalue weighted by atomic mass is 16.2. The number of anilines is 1. The Bertz CT molecular complexity index is 501. The van der Waals surface area contributed by atoms with Gasteiger partial charge >= 0.3 is 0 Å². The summed E-state index contributed by atoms with van der Waals surface area (Å²) in [4.78, 5) is 23.2. The lowest BCUT2D eigenvalue weighted by molar-refractivity contribution is -0.115. The summed E-state index contributed by atoms with van der Waals surface area (Å²) >= 11 is 0. The first kappa shape index (κ1) is 12.6. The number of amides is 2. The molecule has 0 radical (unpaired) electrons. The lowest BCUT2D eigenvalue weighted by Crippen LogP contribution is -2.32. The topological polar surface area (TPSA) is 58.2 Å². The van der Waals surface area contributed by atoms with E-state index in [1.807, 2.05) is 6.07 Å². The van der Waals surface area contributed by atoms with Crippen molar-refractivity contribution in [3.05, 3.63) is 29.3 Å². The quantitative estimate of drug-likeness (QED) is 0.838. The van der Waals surface area contributed by atoms with Crippen LogP contribution >= 0.6 is 0 Å². The summed E-state index contributed by atoms with van der Waals surface area (Å²) in [7, 11) is 0. The van der Waals surface area contributed by atoms with E-state index in [1.54, 1.807) is 12.1 Å². The molecular weight excluding hydrogens is 228 g/mol. The van der Waals surface area contributed by atoms with Gasteiger partial charge in [-0.2, -0.15) is 0 Å². The molecule has 2 rings (SSSR count). The van der Waals surface area contributed by atoms with Crippen LogP contribution in [0.1, 0.15) is 36.7 Å². The molecule has 1 heterocycles. The first-order valence-electron chi connectivity index (χ1n) is 6.06. The zero-order valence-electron chi connectivity index (χ0n) is 11.0. The Labute approximate surface area is 107 Å². The second-order valence-electron chi connectivity index (χ2n) is 5.84. The predicted molar refractivity (Wildman–Crippen MR) is 70.6 cm³/mol. The Hall–Kier alpha value is -1.84. The van der Waals surface area contributed by atoms with E-state index < -0.39 is 0 Å². The summed E-state index contributed by atoms with van der Waals surface area (Å²) in [6.45, 7) is 6.82. The molecule has 0 bridgehead atoms. The van der Waals surface area contributed by atoms with Gasteiger partial charge in [-0.1, -0.05) is 26.8 Å². The van der Waals surface area contributed by atoms with Crippen LogP contribution in [-0.2, 0) is 11.2 Å². The summed E-state index contributed by atoms with van der Waals surface area (Å²) < 4.78 is 0. The highest BCUT2D eigenvalue weighted by molar-refractivity contribution is 6.02. The molecule has 1 aromatic rings. The summed E-state index contributed by atoms with van der Waals surface area (Å²) in [5, 5.41) is 5.64. The molecule has 4 nitrogen and oxygen atoms in total. The average molecular weight is 246 g/mol. The molecule has 0 fully saturated rings. The summed E-state index contributed by atoms with van der Waals surface area (Å²) in [5.41, 5.74) is 2.34. The van der Waals surface area contributed by atoms with Crippen LogP contribution in [0.3, 0.4) is 0 Å². The van der Waals surface area contributed by atoms with Crippen LogP contribution in [0.5, 0.6) is 0 Å². The van der Waals surface area contributed by atoms with Gasteiger partial charge in [-0.25, -0.2) is 0 Å². The number of nitrogens with one attached hydrogen (secondary N) is 2. The van der Waals surface area contributed by atoms with Crippen molar-refractivity contribution < 1.29 is 9.59 Å². The lowest BCUT2D eigenvalue weighted by atomic mass is 9.97. The fourth-order valence-electron chi connectivity index (χ4n) is 1.80. The van der Waals surface area contributed by atoms with E-state index >= 15 is 0 Å². The number of carbonyl (C=O) groups excluding carboxylic acids is 2. The van der Waals surface area contributed by atoms with Gasteiger partial charge < -0.3 is 10.6 Å². The zero-order valence-corrected chi connectivity index (χ0v) is 11.0. The highest BCUT2D eigenvalue weighted by Gasteiger charge is 2.19. The molecule has 0 saturated carbocycles. The third kappa shape index (κ3) is 2.88. The molecule has 0 atom stereocenters. The molecule has 96 valence electrons. The Balaban J connectivity index is 2.08. The fraction of sp³-hybridized carbons (Fsp3) is 0.429. The second kappa shape index (κ2) is 4.44. The van der Waals surface area contributed by atoms with Crippen LogP contribution in [0.15, 0.2) is 18.2 Å². The lowest BCUT2D eigenvalue weighted by Gasteiger charge is -2.18. The summed E-state index contributed by atoms with van der Waals surface area (Å²) in [5.74, 6) is -0.119. The molecule has 2 N–H and O–H groups in total. The number of carbonyl (C=O) groups is 2. The average Bonchev–Trinajstić information content (AvgIpc) is 2.63. The largest absolute Gasteiger partial charge is 0.352 e. The van der Waals surface area contributed by atoms with E-state index in [0.717, 1.165) is 11.3 Å². The molecule has 0 spiro atoms. The monoisotopic (exact) mass is 246 g/mol. The third-order valence-electron chi connectivity index (χ3n) is 2.78. The Morgan fingerprint density at radius 2 is 2.11 bits per heavy atom. The van der Waals surface area contributed by atoms with Gasteiger partial charge in [0, 0.05) is 17.8 Å². The SMILES string of the molecule is CC(C)(C)CNC(=O)c1ccc2c(c1)NC(=O)C2. The summed E-state index contributed by atoms with van der Waals surface area (Å²) in [6, 6.07) is 5.33. The van der Waals surface area contributed by atoms with Crippen molar-refractivity contribution in [2.75, 3.05) is 11.9 Å². The van der Waals surface area contributed by atoms with Crippen LogP contribution in [0.2, 0.25) is 0 Å². The molecule has 0 aromatic heterocycles. The number of rotatable bonds is 2. The van der Waals surface area contributed by atoms with Gasteiger partial charge in [-0.3, -0.25) is 9.59 Å². The molecule has 0 saturated heterocycles. The Morgan fingerprint density at radius 1 is 1.39 bits per heavy atom. The minimum atomic E-state index is -0.103. The Kier molecular flexibility index (Phi) is 3.11. The van der Waals surface area contributed by atoms with Crippen LogP contribution < -0.4 is 10.6 Å². The maximum Gasteiger partial charge on any atom is 0.251 e. The van der Waals surface area contributed by atoms with Crippen LogP contribution in [0, 0.1) is 5.41 Å². The smallest absolute Gasteiger partial charge is 0.251 e. The van der Waals surface area contributed by atoms with E-state index in [-0.39, 0.29) is 17.2 Å². The van der Waals surface area contributed by atoms with E-state index in [2.05, 4.69) is 31.4 Å². The van der Waals surface area contributed by atoms with Gasteiger partial charge in [-0.15, -0.1) is 0 Å². The third-order valence-corrected chi connectivity index (χ3v) is 2.78. The molecule has 2 amide bonds. The molecule has 0 aliphatic carbocycles. The van der Waals surface area contributed by atoms with Gasteiger partial charge in [0.15, 0.2) is 0 Å². The summed E-state index contributed by atoms with van der Waals surface area (Å²) in [6.07, 6.45) is 0.402. The van der Waals surface area contributed by atoms with Gasteiger partial charge in [0.25, 0.3) is 5.91 Å². The van der Waals surface area contributed by atoms with Gasteiger partial charge in [0.05, 0.1) is 6.42 Å². The van der Waals surface area contributed by atoms with Gasteiger partial charge in [0.2, 0.25) is 5.91 Å². The molecule has 4 heteroatoms. The van der Waals surface area contributed by atoms with Crippen molar-refractivity contribution in [3.63, 3.8) is 0 Å². The van der Waals surface area contributed by atoms with Crippen LogP contribution in [-0.4, -0.2) is 18.4 Å². The van der Waals surface area contributed by atoms with Crippen molar-refractivity contribution in [1.82, 2.24) is 5.32 Å². The van der Waals surface area contributed by atoms with Crippen LogP contribution in [0.25, 0.3) is 0 Å². The first-order valence-corrected chi connectivity index (χ1v) is 6.06. The normalized spacial score (nSPS) is 14.1. The standard InChI is InChI=1S/C14H18N2O2/c1-14(2,3)8-15-13(18)10-5-4-9-7-12(17)16-11(9)6-10/h4-6H,7-8H2,1-3H3,(H,15,18)(H,16,17). The highest BCUT2D eigenvalue weighted by Crippen LogP contribution is 2.24. The maximum absolute atomic E-state index is 11.9. The molecule has 0 unspecified atom stereocenters. The minimum Gasteiger partial charge on any atom is -0.352 e. The van der Waals surface area contributed by atoms with E-state index in [9.17, 15) is 9.59 Å².